The minimum atomic E-state index is -0.828. The summed E-state index contributed by atoms with van der Waals surface area (Å²) in [5.74, 6) is -0.521. The van der Waals surface area contributed by atoms with Crippen molar-refractivity contribution in [2.75, 3.05) is 25.2 Å². The Hall–Kier alpha value is -2.10. The lowest BCUT2D eigenvalue weighted by Crippen LogP contribution is -2.53. The quantitative estimate of drug-likeness (QED) is 0.313. The van der Waals surface area contributed by atoms with E-state index in [1.54, 1.807) is 11.8 Å². The number of aliphatic hydroxyl groups excluding tert-OH is 1. The Kier molecular flexibility index (Phi) is 11.2. The molecular weight excluding hydrogens is 380 g/mol. The summed E-state index contributed by atoms with van der Waals surface area (Å²) in [6.07, 6.45) is 2.87. The maximum Gasteiger partial charge on any atom is 0.243 e. The smallest absolute Gasteiger partial charge is 0.243 e. The van der Waals surface area contributed by atoms with E-state index in [0.717, 1.165) is 11.3 Å². The SMILES string of the molecule is CSCC[C@@H](CO)NC(=O)[C@H](Cc1ccccc1)NC(=O)CNC(=O)[C@@H](C)N. The number of nitrogens with two attached hydrogens (primary N) is 1. The number of aliphatic hydroxyl groups is 1. The first-order valence-electron chi connectivity index (χ1n) is 9.14. The molecule has 8 nitrogen and oxygen atoms in total. The lowest BCUT2D eigenvalue weighted by Gasteiger charge is -2.22. The Morgan fingerprint density at radius 1 is 1.14 bits per heavy atom. The molecule has 0 aliphatic rings. The highest BCUT2D eigenvalue weighted by Gasteiger charge is 2.23. The van der Waals surface area contributed by atoms with Crippen molar-refractivity contribution < 1.29 is 19.5 Å². The van der Waals surface area contributed by atoms with Crippen molar-refractivity contribution >= 4 is 29.5 Å². The first-order valence-corrected chi connectivity index (χ1v) is 10.5. The van der Waals surface area contributed by atoms with Gasteiger partial charge >= 0.3 is 0 Å². The Bertz CT molecular complexity index is 628. The normalized spacial score (nSPS) is 13.9. The van der Waals surface area contributed by atoms with Gasteiger partial charge in [0.1, 0.15) is 6.04 Å². The summed E-state index contributed by atoms with van der Waals surface area (Å²) in [6.45, 7) is 1.07. The van der Waals surface area contributed by atoms with Crippen LogP contribution in [0.2, 0.25) is 0 Å². The summed E-state index contributed by atoms with van der Waals surface area (Å²) in [5, 5.41) is 17.3. The number of hydrogen-bond donors (Lipinski definition) is 5. The monoisotopic (exact) mass is 410 g/mol. The van der Waals surface area contributed by atoms with E-state index in [4.69, 9.17) is 5.73 Å². The molecule has 1 aromatic rings. The molecular formula is C19H30N4O4S. The molecule has 0 fully saturated rings. The van der Waals surface area contributed by atoms with E-state index in [0.29, 0.717) is 12.8 Å². The fourth-order valence-electron chi connectivity index (χ4n) is 2.40. The molecule has 0 aromatic heterocycles. The van der Waals surface area contributed by atoms with Crippen molar-refractivity contribution in [3.05, 3.63) is 35.9 Å². The van der Waals surface area contributed by atoms with Gasteiger partial charge in [-0.05, 0) is 30.9 Å². The van der Waals surface area contributed by atoms with E-state index >= 15 is 0 Å². The van der Waals surface area contributed by atoms with Crippen molar-refractivity contribution in [2.24, 2.45) is 5.73 Å². The van der Waals surface area contributed by atoms with E-state index in [1.807, 2.05) is 36.6 Å². The average Bonchev–Trinajstić information content (AvgIpc) is 2.69. The molecule has 6 N–H and O–H groups in total. The van der Waals surface area contributed by atoms with Crippen molar-refractivity contribution in [1.29, 1.82) is 0 Å². The number of nitrogens with one attached hydrogen (secondary N) is 3. The van der Waals surface area contributed by atoms with Crippen LogP contribution in [0.15, 0.2) is 30.3 Å². The van der Waals surface area contributed by atoms with Gasteiger partial charge in [-0.3, -0.25) is 14.4 Å². The van der Waals surface area contributed by atoms with Crippen LogP contribution in [0.3, 0.4) is 0 Å². The van der Waals surface area contributed by atoms with E-state index in [-0.39, 0.29) is 25.1 Å². The van der Waals surface area contributed by atoms with E-state index < -0.39 is 23.9 Å². The van der Waals surface area contributed by atoms with Crippen LogP contribution in [0.25, 0.3) is 0 Å². The first-order chi connectivity index (χ1) is 13.4. The van der Waals surface area contributed by atoms with Crippen molar-refractivity contribution in [2.45, 2.75) is 37.9 Å². The number of thioether (sulfide) groups is 1. The number of carbonyl (C=O) groups is 3. The predicted octanol–water partition coefficient (Wildman–Crippen LogP) is -0.592. The molecule has 0 bridgehead atoms. The molecule has 1 aromatic carbocycles. The number of rotatable bonds is 12. The van der Waals surface area contributed by atoms with Crippen LogP contribution >= 0.6 is 11.8 Å². The van der Waals surface area contributed by atoms with Crippen LogP contribution in [0.4, 0.5) is 0 Å². The maximum absolute atomic E-state index is 12.7. The van der Waals surface area contributed by atoms with Gasteiger partial charge in [-0.2, -0.15) is 11.8 Å². The highest BCUT2D eigenvalue weighted by atomic mass is 32.2. The average molecular weight is 411 g/mol. The van der Waals surface area contributed by atoms with Gasteiger partial charge in [0.05, 0.1) is 25.2 Å². The van der Waals surface area contributed by atoms with Gasteiger partial charge in [0.25, 0.3) is 0 Å². The van der Waals surface area contributed by atoms with E-state index in [1.165, 1.54) is 6.92 Å². The van der Waals surface area contributed by atoms with Crippen LogP contribution < -0.4 is 21.7 Å². The number of amides is 3. The van der Waals surface area contributed by atoms with Crippen molar-refractivity contribution in [3.63, 3.8) is 0 Å². The summed E-state index contributed by atoms with van der Waals surface area (Å²) < 4.78 is 0. The molecule has 0 aliphatic carbocycles. The van der Waals surface area contributed by atoms with Gasteiger partial charge in [-0.25, -0.2) is 0 Å². The van der Waals surface area contributed by atoms with E-state index in [9.17, 15) is 19.5 Å². The summed E-state index contributed by atoms with van der Waals surface area (Å²) >= 11 is 1.62. The van der Waals surface area contributed by atoms with Crippen molar-refractivity contribution in [3.8, 4) is 0 Å². The largest absolute Gasteiger partial charge is 0.394 e. The third-order valence-corrected chi connectivity index (χ3v) is 4.65. The van der Waals surface area contributed by atoms with Crippen molar-refractivity contribution in [1.82, 2.24) is 16.0 Å². The number of hydrogen-bond acceptors (Lipinski definition) is 6. The molecule has 3 amide bonds. The maximum atomic E-state index is 12.7. The van der Waals surface area contributed by atoms with Gasteiger partial charge in [-0.1, -0.05) is 30.3 Å². The first kappa shape index (κ1) is 23.9. The fraction of sp³-hybridized carbons (Fsp3) is 0.526. The molecule has 0 unspecified atom stereocenters. The van der Waals surface area contributed by atoms with Crippen LogP contribution in [0.5, 0.6) is 0 Å². The molecule has 156 valence electrons. The van der Waals surface area contributed by atoms with Crippen LogP contribution in [-0.2, 0) is 20.8 Å². The van der Waals surface area contributed by atoms with Gasteiger partial charge in [0.2, 0.25) is 17.7 Å². The highest BCUT2D eigenvalue weighted by Crippen LogP contribution is 2.05. The molecule has 0 saturated heterocycles. The predicted molar refractivity (Wildman–Crippen MR) is 111 cm³/mol. The Morgan fingerprint density at radius 2 is 1.82 bits per heavy atom. The molecule has 0 radical (unpaired) electrons. The molecule has 0 saturated carbocycles. The summed E-state index contributed by atoms with van der Waals surface area (Å²) in [5.41, 5.74) is 6.33. The van der Waals surface area contributed by atoms with Crippen LogP contribution in [0, 0.1) is 0 Å². The lowest BCUT2D eigenvalue weighted by molar-refractivity contribution is -0.130. The minimum Gasteiger partial charge on any atom is -0.394 e. The van der Waals surface area contributed by atoms with Gasteiger partial charge in [-0.15, -0.1) is 0 Å². The molecule has 1 rings (SSSR count). The standard InChI is InChI=1S/C19H30N4O4S/c1-13(20)18(26)21-11-17(25)23-16(10-14-6-4-3-5-7-14)19(27)22-15(12-24)8-9-28-2/h3-7,13,15-16,24H,8-12,20H2,1-2H3,(H,21,26)(H,22,27)(H,23,25)/t13-,15+,16+/m1/s1. The summed E-state index contributed by atoms with van der Waals surface area (Å²) in [4.78, 5) is 36.4. The number of benzene rings is 1. The zero-order valence-corrected chi connectivity index (χ0v) is 17.1. The fourth-order valence-corrected chi connectivity index (χ4v) is 2.92. The third-order valence-electron chi connectivity index (χ3n) is 4.01. The van der Waals surface area contributed by atoms with Gasteiger partial charge in [0.15, 0.2) is 0 Å². The summed E-state index contributed by atoms with van der Waals surface area (Å²) in [6, 6.07) is 7.36. The lowest BCUT2D eigenvalue weighted by atomic mass is 10.0. The van der Waals surface area contributed by atoms with Gasteiger partial charge in [0, 0.05) is 6.42 Å². The summed E-state index contributed by atoms with van der Waals surface area (Å²) in [7, 11) is 0. The third kappa shape index (κ3) is 9.20. The molecule has 28 heavy (non-hydrogen) atoms. The second kappa shape index (κ2) is 13.1. The van der Waals surface area contributed by atoms with E-state index in [2.05, 4.69) is 16.0 Å². The van der Waals surface area contributed by atoms with Gasteiger partial charge < -0.3 is 26.8 Å². The molecule has 9 heteroatoms. The zero-order chi connectivity index (χ0) is 20.9. The molecule has 0 heterocycles. The Balaban J connectivity index is 2.76. The second-order valence-electron chi connectivity index (χ2n) is 6.49. The van der Waals surface area contributed by atoms with Crippen LogP contribution in [-0.4, -0.2) is 66.1 Å². The second-order valence-corrected chi connectivity index (χ2v) is 7.47. The Labute approximate surface area is 170 Å². The molecule has 0 aliphatic heterocycles. The Morgan fingerprint density at radius 3 is 2.39 bits per heavy atom. The topological polar surface area (TPSA) is 134 Å². The molecule has 3 atom stereocenters. The number of carbonyl (C=O) groups excluding carboxylic acids is 3. The highest BCUT2D eigenvalue weighted by molar-refractivity contribution is 7.98. The molecule has 0 spiro atoms. The van der Waals surface area contributed by atoms with Crippen LogP contribution in [0.1, 0.15) is 18.9 Å². The zero-order valence-electron chi connectivity index (χ0n) is 16.3. The minimum absolute atomic E-state index is 0.178.